The largest absolute Gasteiger partial charge is 0.376 e. The molecule has 0 radical (unpaired) electrons. The quantitative estimate of drug-likeness (QED) is 0.903. The van der Waals surface area contributed by atoms with E-state index in [1.54, 1.807) is 23.3 Å². The van der Waals surface area contributed by atoms with Gasteiger partial charge in [-0.05, 0) is 25.8 Å². The van der Waals surface area contributed by atoms with E-state index in [1.165, 1.54) is 5.56 Å². The van der Waals surface area contributed by atoms with Crippen LogP contribution in [0, 0.1) is 6.92 Å². The van der Waals surface area contributed by atoms with E-state index >= 15 is 0 Å². The molecule has 3 rings (SSSR count). The summed E-state index contributed by atoms with van der Waals surface area (Å²) in [6, 6.07) is 8.20. The van der Waals surface area contributed by atoms with Crippen molar-refractivity contribution in [3.8, 4) is 10.6 Å². The van der Waals surface area contributed by atoms with Crippen LogP contribution in [-0.4, -0.2) is 42.2 Å². The number of likely N-dealkylation sites (N-methyl/N-ethyl adjacent to an activating group) is 1. The maximum absolute atomic E-state index is 12.2. The first-order valence-electron chi connectivity index (χ1n) is 8.24. The van der Waals surface area contributed by atoms with E-state index in [4.69, 9.17) is 4.74 Å². The van der Waals surface area contributed by atoms with Crippen molar-refractivity contribution in [2.24, 2.45) is 0 Å². The number of urea groups is 1. The minimum absolute atomic E-state index is 0.0874. The molecule has 1 saturated heterocycles. The van der Waals surface area contributed by atoms with Crippen LogP contribution in [0.2, 0.25) is 0 Å². The van der Waals surface area contributed by atoms with Gasteiger partial charge in [-0.1, -0.05) is 23.8 Å². The van der Waals surface area contributed by atoms with E-state index in [0.717, 1.165) is 35.7 Å². The van der Waals surface area contributed by atoms with Crippen molar-refractivity contribution < 1.29 is 9.53 Å². The molecule has 6 heteroatoms. The number of rotatable bonds is 5. The van der Waals surface area contributed by atoms with Crippen LogP contribution in [0.1, 0.15) is 24.1 Å². The molecule has 1 aromatic carbocycles. The van der Waals surface area contributed by atoms with Gasteiger partial charge in [0.25, 0.3) is 0 Å². The molecule has 1 aliphatic rings. The Kier molecular flexibility index (Phi) is 5.48. The molecule has 128 valence electrons. The molecule has 1 aromatic heterocycles. The number of aryl methyl sites for hydroxylation is 1. The molecule has 2 heterocycles. The van der Waals surface area contributed by atoms with E-state index in [2.05, 4.69) is 35.4 Å². The summed E-state index contributed by atoms with van der Waals surface area (Å²) in [5.41, 5.74) is 3.22. The van der Waals surface area contributed by atoms with Crippen molar-refractivity contribution in [1.29, 1.82) is 0 Å². The van der Waals surface area contributed by atoms with Crippen molar-refractivity contribution in [2.75, 3.05) is 20.2 Å². The SMILES string of the molecule is Cc1cccc(-c2nc(CNC(=O)N(C)C[C@H]3CCCO3)cs2)c1. The molecule has 0 unspecified atom stereocenters. The lowest BCUT2D eigenvalue weighted by molar-refractivity contribution is 0.0874. The first kappa shape index (κ1) is 16.9. The first-order chi connectivity index (χ1) is 11.6. The Labute approximate surface area is 146 Å². The van der Waals surface area contributed by atoms with Gasteiger partial charge in [-0.25, -0.2) is 9.78 Å². The third kappa shape index (κ3) is 4.33. The van der Waals surface area contributed by atoms with Crippen molar-refractivity contribution in [1.82, 2.24) is 15.2 Å². The predicted molar refractivity (Wildman–Crippen MR) is 96.1 cm³/mol. The Morgan fingerprint density at radius 3 is 3.12 bits per heavy atom. The number of carbonyl (C=O) groups is 1. The monoisotopic (exact) mass is 345 g/mol. The molecule has 2 amide bonds. The van der Waals surface area contributed by atoms with Gasteiger partial charge in [-0.3, -0.25) is 0 Å². The van der Waals surface area contributed by atoms with Crippen molar-refractivity contribution in [2.45, 2.75) is 32.4 Å². The highest BCUT2D eigenvalue weighted by Gasteiger charge is 2.20. The molecule has 1 fully saturated rings. The zero-order valence-electron chi connectivity index (χ0n) is 14.1. The summed E-state index contributed by atoms with van der Waals surface area (Å²) in [5, 5.41) is 5.90. The van der Waals surface area contributed by atoms with Gasteiger partial charge in [0.2, 0.25) is 0 Å². The zero-order chi connectivity index (χ0) is 16.9. The number of nitrogens with one attached hydrogen (secondary N) is 1. The normalized spacial score (nSPS) is 17.0. The molecule has 24 heavy (non-hydrogen) atoms. The Morgan fingerprint density at radius 2 is 2.38 bits per heavy atom. The zero-order valence-corrected chi connectivity index (χ0v) is 14.9. The van der Waals surface area contributed by atoms with Crippen LogP contribution < -0.4 is 5.32 Å². The molecule has 1 aliphatic heterocycles. The van der Waals surface area contributed by atoms with Crippen LogP contribution in [-0.2, 0) is 11.3 Å². The highest BCUT2D eigenvalue weighted by molar-refractivity contribution is 7.13. The summed E-state index contributed by atoms with van der Waals surface area (Å²) in [4.78, 5) is 18.5. The standard InChI is InChI=1S/C18H23N3O2S/c1-13-5-3-6-14(9-13)17-20-15(12-24-17)10-19-18(22)21(2)11-16-7-4-8-23-16/h3,5-6,9,12,16H,4,7-8,10-11H2,1-2H3,(H,19,22)/t16-/m1/s1. The van der Waals surface area contributed by atoms with Gasteiger partial charge in [-0.15, -0.1) is 11.3 Å². The highest BCUT2D eigenvalue weighted by Crippen LogP contribution is 2.24. The van der Waals surface area contributed by atoms with E-state index in [-0.39, 0.29) is 12.1 Å². The highest BCUT2D eigenvalue weighted by atomic mass is 32.1. The number of amides is 2. The average Bonchev–Trinajstić information content (AvgIpc) is 3.24. The Bertz CT molecular complexity index is 695. The first-order valence-corrected chi connectivity index (χ1v) is 9.12. The predicted octanol–water partition coefficient (Wildman–Crippen LogP) is 3.44. The van der Waals surface area contributed by atoms with Gasteiger partial charge in [-0.2, -0.15) is 0 Å². The Morgan fingerprint density at radius 1 is 1.50 bits per heavy atom. The summed E-state index contributed by atoms with van der Waals surface area (Å²) in [6.07, 6.45) is 2.29. The van der Waals surface area contributed by atoms with Gasteiger partial charge in [0.15, 0.2) is 0 Å². The molecule has 0 spiro atoms. The lowest BCUT2D eigenvalue weighted by Crippen LogP contribution is -2.40. The molecule has 1 N–H and O–H groups in total. The number of benzene rings is 1. The van der Waals surface area contributed by atoms with Crippen molar-refractivity contribution >= 4 is 17.4 Å². The molecule has 1 atom stereocenters. The van der Waals surface area contributed by atoms with E-state index in [9.17, 15) is 4.79 Å². The summed E-state index contributed by atoms with van der Waals surface area (Å²) in [5.74, 6) is 0. The smallest absolute Gasteiger partial charge is 0.317 e. The maximum Gasteiger partial charge on any atom is 0.317 e. The van der Waals surface area contributed by atoms with Crippen molar-refractivity contribution in [3.63, 3.8) is 0 Å². The molecule has 0 bridgehead atoms. The average molecular weight is 345 g/mol. The van der Waals surface area contributed by atoms with Crippen molar-refractivity contribution in [3.05, 3.63) is 40.9 Å². The molecule has 2 aromatic rings. The van der Waals surface area contributed by atoms with Crippen LogP contribution in [0.4, 0.5) is 4.79 Å². The van der Waals surface area contributed by atoms with Gasteiger partial charge in [0.1, 0.15) is 5.01 Å². The lowest BCUT2D eigenvalue weighted by Gasteiger charge is -2.20. The fourth-order valence-corrected chi connectivity index (χ4v) is 3.59. The second kappa shape index (κ2) is 7.77. The number of thiazole rings is 1. The number of hydrogen-bond acceptors (Lipinski definition) is 4. The number of aromatic nitrogens is 1. The van der Waals surface area contributed by atoms with Crippen LogP contribution in [0.15, 0.2) is 29.6 Å². The minimum atomic E-state index is -0.0874. The summed E-state index contributed by atoms with van der Waals surface area (Å²) in [6.45, 7) is 3.96. The second-order valence-corrected chi connectivity index (χ2v) is 7.05. The van der Waals surface area contributed by atoms with Gasteiger partial charge >= 0.3 is 6.03 Å². The third-order valence-electron chi connectivity index (χ3n) is 4.09. The van der Waals surface area contributed by atoms with E-state index < -0.39 is 0 Å². The molecular formula is C18H23N3O2S. The van der Waals surface area contributed by atoms with E-state index in [1.807, 2.05) is 11.4 Å². The molecular weight excluding hydrogens is 322 g/mol. The fourth-order valence-electron chi connectivity index (χ4n) is 2.78. The maximum atomic E-state index is 12.2. The Hall–Kier alpha value is -1.92. The summed E-state index contributed by atoms with van der Waals surface area (Å²) >= 11 is 1.60. The number of carbonyl (C=O) groups excluding carboxylic acids is 1. The molecule has 5 nitrogen and oxygen atoms in total. The molecule has 0 saturated carbocycles. The summed E-state index contributed by atoms with van der Waals surface area (Å²) < 4.78 is 5.57. The molecule has 0 aliphatic carbocycles. The number of ether oxygens (including phenoxy) is 1. The van der Waals surface area contributed by atoms with Gasteiger partial charge in [0.05, 0.1) is 18.3 Å². The van der Waals surface area contributed by atoms with E-state index in [0.29, 0.717) is 13.1 Å². The van der Waals surface area contributed by atoms with Crippen LogP contribution in [0.25, 0.3) is 10.6 Å². The topological polar surface area (TPSA) is 54.5 Å². The Balaban J connectivity index is 1.52. The minimum Gasteiger partial charge on any atom is -0.376 e. The van der Waals surface area contributed by atoms with Crippen LogP contribution >= 0.6 is 11.3 Å². The number of nitrogens with zero attached hydrogens (tertiary/aromatic N) is 2. The number of hydrogen-bond donors (Lipinski definition) is 1. The summed E-state index contributed by atoms with van der Waals surface area (Å²) in [7, 11) is 1.80. The van der Waals surface area contributed by atoms with Crippen LogP contribution in [0.3, 0.4) is 0 Å². The fraction of sp³-hybridized carbons (Fsp3) is 0.444. The third-order valence-corrected chi connectivity index (χ3v) is 5.03. The second-order valence-electron chi connectivity index (χ2n) is 6.19. The van der Waals surface area contributed by atoms with Crippen LogP contribution in [0.5, 0.6) is 0 Å². The van der Waals surface area contributed by atoms with Gasteiger partial charge < -0.3 is 15.0 Å². The van der Waals surface area contributed by atoms with Gasteiger partial charge in [0, 0.05) is 31.1 Å². The lowest BCUT2D eigenvalue weighted by atomic mass is 10.1.